The van der Waals surface area contributed by atoms with E-state index >= 15 is 8.78 Å². The van der Waals surface area contributed by atoms with Crippen molar-refractivity contribution in [2.45, 2.75) is 56.9 Å². The molecule has 1 fully saturated rings. The number of azide groups is 1. The number of para-hydroxylation sites is 1. The molecule has 0 amide bonds. The molecule has 39 heavy (non-hydrogen) atoms. The molecule has 0 bridgehead atoms. The third-order valence-electron chi connectivity index (χ3n) is 5.22. The highest BCUT2D eigenvalue weighted by atomic mass is 32.5. The molecule has 14 nitrogen and oxygen atoms in total. The first-order chi connectivity index (χ1) is 18.2. The lowest BCUT2D eigenvalue weighted by Gasteiger charge is -2.31. The number of halogens is 2. The molecule has 0 saturated carbocycles. The molecular formula is C21H25F2N6O8PS. The number of H-pyrrole nitrogens is 1. The average Bonchev–Trinajstić information content (AvgIpc) is 3.04. The summed E-state index contributed by atoms with van der Waals surface area (Å²) in [6, 6.07) is 7.63. The van der Waals surface area contributed by atoms with Crippen molar-refractivity contribution in [3.63, 3.8) is 0 Å². The Balaban J connectivity index is 1.95. The lowest BCUT2D eigenvalue weighted by molar-refractivity contribution is -0.149. The summed E-state index contributed by atoms with van der Waals surface area (Å²) in [6.45, 7) is -0.272. The second-order valence-corrected chi connectivity index (χ2v) is 11.7. The molecule has 0 aliphatic carbocycles. The Morgan fingerprint density at radius 1 is 1.33 bits per heavy atom. The van der Waals surface area contributed by atoms with Crippen molar-refractivity contribution in [1.82, 2.24) is 14.6 Å². The third kappa shape index (κ3) is 6.89. The number of rotatable bonds is 11. The van der Waals surface area contributed by atoms with Crippen molar-refractivity contribution in [2.75, 3.05) is 6.61 Å². The number of hydrogen-bond acceptors (Lipinski definition) is 10. The second kappa shape index (κ2) is 11.9. The van der Waals surface area contributed by atoms with Gasteiger partial charge in [0.05, 0.1) is 12.7 Å². The fourth-order valence-electron chi connectivity index (χ4n) is 3.43. The molecule has 1 saturated heterocycles. The van der Waals surface area contributed by atoms with E-state index in [0.29, 0.717) is 4.57 Å². The fraction of sp³-hybridized carbons (Fsp3) is 0.476. The Hall–Kier alpha value is -3.17. The SMILES string of the molecule is CC(C)OC(=O)C(C)NP(=S)(OC[C@@]1(N=[N+]=[N-])O[C@@H](n2ccc(=O)[nH]c2=O)C(F)(F)[C@@H]1O)Oc1ccccc1. The number of aliphatic hydroxyl groups excluding tert-OH is 1. The van der Waals surface area contributed by atoms with Gasteiger partial charge in [-0.1, -0.05) is 23.3 Å². The first kappa shape index (κ1) is 30.4. The van der Waals surface area contributed by atoms with E-state index in [9.17, 15) is 19.5 Å². The van der Waals surface area contributed by atoms with Gasteiger partial charge in [0, 0.05) is 17.2 Å². The molecule has 3 N–H and O–H groups in total. The van der Waals surface area contributed by atoms with E-state index in [0.717, 1.165) is 12.3 Å². The molecule has 1 aliphatic heterocycles. The summed E-state index contributed by atoms with van der Waals surface area (Å²) in [5.74, 6) is -4.75. The van der Waals surface area contributed by atoms with E-state index in [-0.39, 0.29) is 5.75 Å². The monoisotopic (exact) mass is 590 g/mol. The summed E-state index contributed by atoms with van der Waals surface area (Å²) in [6.07, 6.45) is -5.08. The molecule has 3 rings (SSSR count). The van der Waals surface area contributed by atoms with E-state index in [4.69, 9.17) is 35.9 Å². The number of aliphatic hydroxyl groups is 1. The smallest absolute Gasteiger partial charge is 0.330 e. The van der Waals surface area contributed by atoms with Crippen LogP contribution in [0.25, 0.3) is 10.4 Å². The Kier molecular flexibility index (Phi) is 9.28. The largest absolute Gasteiger partial charge is 0.462 e. The Bertz CT molecular complexity index is 1400. The number of benzene rings is 1. The number of alkyl halides is 2. The highest BCUT2D eigenvalue weighted by molar-refractivity contribution is 8.09. The van der Waals surface area contributed by atoms with Gasteiger partial charge in [0.1, 0.15) is 11.8 Å². The summed E-state index contributed by atoms with van der Waals surface area (Å²) in [5.41, 5.74) is 4.17. The fourth-order valence-corrected chi connectivity index (χ4v) is 5.84. The van der Waals surface area contributed by atoms with Crippen molar-refractivity contribution < 1.29 is 37.2 Å². The molecule has 2 unspecified atom stereocenters. The summed E-state index contributed by atoms with van der Waals surface area (Å²) in [4.78, 5) is 40.2. The molecule has 18 heteroatoms. The summed E-state index contributed by atoms with van der Waals surface area (Å²) in [7, 11) is 0. The minimum atomic E-state index is -4.22. The van der Waals surface area contributed by atoms with Crippen LogP contribution in [-0.4, -0.2) is 57.1 Å². The molecule has 2 heterocycles. The predicted octanol–water partition coefficient (Wildman–Crippen LogP) is 2.32. The zero-order chi connectivity index (χ0) is 29.0. The van der Waals surface area contributed by atoms with Gasteiger partial charge in [-0.05, 0) is 50.2 Å². The van der Waals surface area contributed by atoms with Crippen molar-refractivity contribution >= 4 is 24.4 Å². The average molecular weight is 591 g/mol. The normalized spacial score (nSPS) is 24.4. The van der Waals surface area contributed by atoms with Crippen LogP contribution in [0.4, 0.5) is 8.78 Å². The van der Waals surface area contributed by atoms with Crippen molar-refractivity contribution in [1.29, 1.82) is 0 Å². The lowest BCUT2D eigenvalue weighted by atomic mass is 10.1. The minimum Gasteiger partial charge on any atom is -0.462 e. The van der Waals surface area contributed by atoms with Crippen LogP contribution in [0.3, 0.4) is 0 Å². The summed E-state index contributed by atoms with van der Waals surface area (Å²) >= 11 is 5.51. The number of hydrogen-bond donors (Lipinski definition) is 3. The standard InChI is InChI=1S/C21H25F2N6O8PS/c1-12(2)35-16(31)13(3)26-38(39,37-14-7-5-4-6-8-14)34-11-20(27-28-24)17(32)21(22,23)18(36-20)29-10-9-15(30)25-19(29)33/h4-10,12-13,17-18,32H,11H2,1-3H3,(H,26,39)(H,25,30,33)/t13?,17-,18-,20-,38?/m1/s1. The molecular weight excluding hydrogens is 565 g/mol. The molecule has 0 radical (unpaired) electrons. The number of carbonyl (C=O) groups excluding carboxylic acids is 1. The number of esters is 1. The first-order valence-electron chi connectivity index (χ1n) is 11.3. The molecule has 1 aromatic carbocycles. The van der Waals surface area contributed by atoms with E-state index in [2.05, 4.69) is 15.1 Å². The molecule has 1 aliphatic rings. The Morgan fingerprint density at radius 2 is 2.00 bits per heavy atom. The van der Waals surface area contributed by atoms with Gasteiger partial charge in [0.15, 0.2) is 6.10 Å². The van der Waals surface area contributed by atoms with Gasteiger partial charge in [-0.25, -0.2) is 9.88 Å². The maximum Gasteiger partial charge on any atom is 0.330 e. The van der Waals surface area contributed by atoms with Crippen LogP contribution in [0, 0.1) is 0 Å². The van der Waals surface area contributed by atoms with Crippen molar-refractivity contribution in [3.05, 3.63) is 73.9 Å². The molecule has 2 aromatic rings. The molecule has 212 valence electrons. The van der Waals surface area contributed by atoms with Gasteiger partial charge in [-0.3, -0.25) is 19.1 Å². The predicted molar refractivity (Wildman–Crippen MR) is 135 cm³/mol. The zero-order valence-corrected chi connectivity index (χ0v) is 22.5. The van der Waals surface area contributed by atoms with Gasteiger partial charge in [0.25, 0.3) is 5.56 Å². The lowest BCUT2D eigenvalue weighted by Crippen LogP contribution is -2.48. The van der Waals surface area contributed by atoms with Crippen molar-refractivity contribution in [3.8, 4) is 5.75 Å². The number of ether oxygens (including phenoxy) is 2. The van der Waals surface area contributed by atoms with Crippen LogP contribution in [0.15, 0.2) is 57.3 Å². The Labute approximate surface area is 224 Å². The van der Waals surface area contributed by atoms with Crippen LogP contribution in [0.5, 0.6) is 5.75 Å². The molecule has 0 spiro atoms. The highest BCUT2D eigenvalue weighted by Crippen LogP contribution is 2.52. The molecule has 5 atom stereocenters. The molecule has 1 aromatic heterocycles. The zero-order valence-electron chi connectivity index (χ0n) is 20.8. The maximum absolute atomic E-state index is 15.2. The Morgan fingerprint density at radius 3 is 2.59 bits per heavy atom. The third-order valence-corrected chi connectivity index (χ3v) is 7.70. The van der Waals surface area contributed by atoms with E-state index < -0.39 is 66.6 Å². The number of aromatic amines is 1. The van der Waals surface area contributed by atoms with E-state index in [1.165, 1.54) is 19.1 Å². The van der Waals surface area contributed by atoms with Crippen LogP contribution in [0.2, 0.25) is 0 Å². The van der Waals surface area contributed by atoms with Gasteiger partial charge in [-0.15, -0.1) is 0 Å². The number of nitrogens with zero attached hydrogens (tertiary/aromatic N) is 4. The summed E-state index contributed by atoms with van der Waals surface area (Å²) < 4.78 is 52.6. The number of nitrogens with one attached hydrogen (secondary N) is 2. The van der Waals surface area contributed by atoms with E-state index in [1.807, 2.05) is 0 Å². The van der Waals surface area contributed by atoms with Gasteiger partial charge >= 0.3 is 24.2 Å². The first-order valence-corrected chi connectivity index (χ1v) is 14.0. The van der Waals surface area contributed by atoms with Crippen molar-refractivity contribution in [2.24, 2.45) is 5.11 Å². The summed E-state index contributed by atoms with van der Waals surface area (Å²) in [5, 5.41) is 16.5. The van der Waals surface area contributed by atoms with Crippen LogP contribution < -0.4 is 20.9 Å². The number of aromatic nitrogens is 2. The van der Waals surface area contributed by atoms with Gasteiger partial charge < -0.3 is 23.6 Å². The quantitative estimate of drug-likeness (QED) is 0.115. The maximum atomic E-state index is 15.2. The van der Waals surface area contributed by atoms with Crippen LogP contribution >= 0.6 is 6.64 Å². The highest BCUT2D eigenvalue weighted by Gasteiger charge is 2.67. The topological polar surface area (TPSA) is 190 Å². The van der Waals surface area contributed by atoms with Gasteiger partial charge in [-0.2, -0.15) is 8.78 Å². The second-order valence-electron chi connectivity index (χ2n) is 8.61. The van der Waals surface area contributed by atoms with Crippen LogP contribution in [-0.2, 0) is 30.6 Å². The number of carbonyl (C=O) groups is 1. The van der Waals surface area contributed by atoms with E-state index in [1.54, 1.807) is 37.0 Å². The van der Waals surface area contributed by atoms with Crippen LogP contribution in [0.1, 0.15) is 27.0 Å². The minimum absolute atomic E-state index is 0.187. The van der Waals surface area contributed by atoms with Gasteiger partial charge in [0.2, 0.25) is 12.0 Å².